The zero-order chi connectivity index (χ0) is 31.9. The van der Waals surface area contributed by atoms with Crippen LogP contribution in [-0.2, 0) is 32.6 Å². The second kappa shape index (κ2) is 14.9. The summed E-state index contributed by atoms with van der Waals surface area (Å²) < 4.78 is 42.9. The highest BCUT2D eigenvalue weighted by atomic mass is 35.5. The summed E-state index contributed by atoms with van der Waals surface area (Å²) in [5.41, 5.74) is 1.11. The van der Waals surface area contributed by atoms with E-state index in [0.29, 0.717) is 12.1 Å². The number of carbonyl (C=O) groups excluding carboxylic acids is 2. The van der Waals surface area contributed by atoms with Crippen molar-refractivity contribution in [1.82, 2.24) is 10.2 Å². The monoisotopic (exact) mass is 675 g/mol. The summed E-state index contributed by atoms with van der Waals surface area (Å²) in [7, 11) is -4.36. The Morgan fingerprint density at radius 3 is 2.05 bits per heavy atom. The van der Waals surface area contributed by atoms with Crippen molar-refractivity contribution in [3.05, 3.63) is 129 Å². The smallest absolute Gasteiger partial charge is 0.264 e. The van der Waals surface area contributed by atoms with E-state index in [9.17, 15) is 22.4 Å². The summed E-state index contributed by atoms with van der Waals surface area (Å²) >= 11 is 19.0. The van der Waals surface area contributed by atoms with Gasteiger partial charge in [0.1, 0.15) is 18.4 Å². The minimum atomic E-state index is -4.36. The summed E-state index contributed by atoms with van der Waals surface area (Å²) in [6, 6.07) is 23.8. The summed E-state index contributed by atoms with van der Waals surface area (Å²) in [5, 5.41) is 2.99. The van der Waals surface area contributed by atoms with Gasteiger partial charge in [-0.05, 0) is 55.0 Å². The molecule has 1 unspecified atom stereocenters. The first-order valence-electron chi connectivity index (χ1n) is 13.6. The van der Waals surface area contributed by atoms with Crippen LogP contribution in [0.4, 0.5) is 10.1 Å². The third-order valence-corrected chi connectivity index (χ3v) is 9.60. The Balaban J connectivity index is 1.84. The van der Waals surface area contributed by atoms with E-state index in [2.05, 4.69) is 5.32 Å². The maximum Gasteiger partial charge on any atom is 0.264 e. The molecule has 44 heavy (non-hydrogen) atoms. The lowest BCUT2D eigenvalue weighted by atomic mass is 10.0. The molecule has 230 valence electrons. The van der Waals surface area contributed by atoms with Crippen molar-refractivity contribution in [3.8, 4) is 0 Å². The van der Waals surface area contributed by atoms with E-state index in [0.717, 1.165) is 22.0 Å². The van der Waals surface area contributed by atoms with E-state index in [4.69, 9.17) is 34.8 Å². The van der Waals surface area contributed by atoms with Gasteiger partial charge in [0, 0.05) is 35.1 Å². The van der Waals surface area contributed by atoms with Crippen LogP contribution in [0, 0.1) is 5.82 Å². The molecule has 0 aromatic heterocycles. The lowest BCUT2D eigenvalue weighted by Crippen LogP contribution is -2.53. The first kappa shape index (κ1) is 33.3. The predicted octanol–water partition coefficient (Wildman–Crippen LogP) is 6.76. The number of nitrogens with zero attached hydrogens (tertiary/aromatic N) is 2. The summed E-state index contributed by atoms with van der Waals surface area (Å²) in [6.07, 6.45) is 0.119. The van der Waals surface area contributed by atoms with Gasteiger partial charge in [0.05, 0.1) is 15.6 Å². The lowest BCUT2D eigenvalue weighted by Gasteiger charge is -2.34. The molecular formula is C32H29Cl3FN3O4S. The second-order valence-corrected chi connectivity index (χ2v) is 12.8. The number of anilines is 1. The number of halogens is 4. The van der Waals surface area contributed by atoms with E-state index in [-0.39, 0.29) is 38.6 Å². The van der Waals surface area contributed by atoms with Gasteiger partial charge in [0.2, 0.25) is 11.8 Å². The van der Waals surface area contributed by atoms with Gasteiger partial charge in [-0.25, -0.2) is 12.8 Å². The van der Waals surface area contributed by atoms with Crippen LogP contribution in [0.15, 0.2) is 102 Å². The number of hydrogen-bond donors (Lipinski definition) is 1. The van der Waals surface area contributed by atoms with Crippen LogP contribution in [0.5, 0.6) is 0 Å². The summed E-state index contributed by atoms with van der Waals surface area (Å²) in [5.74, 6) is -1.93. The fraction of sp³-hybridized carbons (Fsp3) is 0.188. The van der Waals surface area contributed by atoms with E-state index in [1.807, 2.05) is 30.3 Å². The minimum absolute atomic E-state index is 0.0399. The van der Waals surface area contributed by atoms with Crippen LogP contribution in [0.25, 0.3) is 0 Å². The minimum Gasteiger partial charge on any atom is -0.355 e. The molecule has 0 fully saturated rings. The normalized spacial score (nSPS) is 11.9. The summed E-state index contributed by atoms with van der Waals surface area (Å²) in [4.78, 5) is 29.1. The van der Waals surface area contributed by atoms with E-state index < -0.39 is 40.2 Å². The molecule has 0 aliphatic heterocycles. The molecule has 0 heterocycles. The highest BCUT2D eigenvalue weighted by Crippen LogP contribution is 2.30. The molecule has 0 saturated carbocycles. The number of amides is 2. The Labute approximate surface area is 271 Å². The van der Waals surface area contributed by atoms with Crippen molar-refractivity contribution in [2.75, 3.05) is 17.4 Å². The molecule has 0 saturated heterocycles. The van der Waals surface area contributed by atoms with Gasteiger partial charge in [-0.15, -0.1) is 0 Å². The van der Waals surface area contributed by atoms with Gasteiger partial charge in [0.25, 0.3) is 10.0 Å². The van der Waals surface area contributed by atoms with E-state index >= 15 is 0 Å². The Morgan fingerprint density at radius 1 is 0.841 bits per heavy atom. The van der Waals surface area contributed by atoms with Crippen LogP contribution in [0.3, 0.4) is 0 Å². The number of sulfonamides is 1. The second-order valence-electron chi connectivity index (χ2n) is 9.75. The number of likely N-dealkylation sites (N-methyl/N-ethyl adjacent to an activating group) is 1. The molecule has 2 amide bonds. The number of rotatable bonds is 12. The van der Waals surface area contributed by atoms with Crippen molar-refractivity contribution in [1.29, 1.82) is 0 Å². The molecule has 7 nitrogen and oxygen atoms in total. The van der Waals surface area contributed by atoms with Crippen molar-refractivity contribution in [2.45, 2.75) is 30.8 Å². The van der Waals surface area contributed by atoms with Crippen molar-refractivity contribution < 1.29 is 22.4 Å². The molecule has 4 aromatic carbocycles. The molecule has 0 spiro atoms. The highest BCUT2D eigenvalue weighted by Gasteiger charge is 2.35. The highest BCUT2D eigenvalue weighted by molar-refractivity contribution is 7.92. The Morgan fingerprint density at radius 2 is 1.45 bits per heavy atom. The quantitative estimate of drug-likeness (QED) is 0.180. The Bertz CT molecular complexity index is 1710. The van der Waals surface area contributed by atoms with Gasteiger partial charge in [0.15, 0.2) is 0 Å². The molecule has 1 N–H and O–H groups in total. The molecule has 1 atom stereocenters. The van der Waals surface area contributed by atoms with Gasteiger partial charge in [-0.2, -0.15) is 0 Å². The van der Waals surface area contributed by atoms with E-state index in [1.165, 1.54) is 23.1 Å². The van der Waals surface area contributed by atoms with Crippen molar-refractivity contribution in [2.24, 2.45) is 0 Å². The fourth-order valence-electron chi connectivity index (χ4n) is 4.59. The number of nitrogens with one attached hydrogen (secondary N) is 1. The maximum atomic E-state index is 14.4. The Kier molecular flexibility index (Phi) is 11.3. The van der Waals surface area contributed by atoms with Crippen LogP contribution >= 0.6 is 34.8 Å². The molecule has 0 bridgehead atoms. The largest absolute Gasteiger partial charge is 0.355 e. The van der Waals surface area contributed by atoms with Crippen LogP contribution in [-0.4, -0.2) is 44.3 Å². The standard InChI is InChI=1S/C32H29Cl3FN3O4S/c1-2-37-32(41)30(18-22-10-5-3-6-11-22)38(20-25-26(33)14-9-15-27(25)34)31(40)21-39(23-16-17-29(36)28(35)19-23)44(42,43)24-12-7-4-8-13-24/h3-17,19,30H,2,18,20-21H2,1H3,(H,37,41). The first-order chi connectivity index (χ1) is 21.0. The van der Waals surface area contributed by atoms with Gasteiger partial charge in [-0.3, -0.25) is 13.9 Å². The molecule has 4 aromatic rings. The molecular weight excluding hydrogens is 648 g/mol. The SMILES string of the molecule is CCNC(=O)C(Cc1ccccc1)N(Cc1c(Cl)cccc1Cl)C(=O)CN(c1ccc(F)c(Cl)c1)S(=O)(=O)c1ccccc1. The topological polar surface area (TPSA) is 86.8 Å². The van der Waals surface area contributed by atoms with Crippen molar-refractivity contribution >= 4 is 62.3 Å². The van der Waals surface area contributed by atoms with Crippen LogP contribution in [0.1, 0.15) is 18.1 Å². The summed E-state index contributed by atoms with van der Waals surface area (Å²) in [6.45, 7) is 1.10. The van der Waals surface area contributed by atoms with Gasteiger partial charge < -0.3 is 10.2 Å². The van der Waals surface area contributed by atoms with Crippen molar-refractivity contribution in [3.63, 3.8) is 0 Å². The van der Waals surface area contributed by atoms with Crippen LogP contribution < -0.4 is 9.62 Å². The fourth-order valence-corrected chi connectivity index (χ4v) is 6.71. The number of benzene rings is 4. The van der Waals surface area contributed by atoms with E-state index in [1.54, 1.807) is 43.3 Å². The predicted molar refractivity (Wildman–Crippen MR) is 172 cm³/mol. The lowest BCUT2D eigenvalue weighted by molar-refractivity contribution is -0.140. The average molecular weight is 677 g/mol. The molecule has 0 radical (unpaired) electrons. The number of hydrogen-bond acceptors (Lipinski definition) is 4. The third-order valence-electron chi connectivity index (χ3n) is 6.81. The third kappa shape index (κ3) is 7.90. The maximum absolute atomic E-state index is 14.4. The first-order valence-corrected chi connectivity index (χ1v) is 16.2. The van der Waals surface area contributed by atoms with Gasteiger partial charge >= 0.3 is 0 Å². The average Bonchev–Trinajstić information content (AvgIpc) is 3.01. The van der Waals surface area contributed by atoms with Crippen LogP contribution in [0.2, 0.25) is 15.1 Å². The zero-order valence-corrected chi connectivity index (χ0v) is 26.7. The molecule has 4 rings (SSSR count). The number of carbonyl (C=O) groups is 2. The molecule has 0 aliphatic rings. The van der Waals surface area contributed by atoms with Gasteiger partial charge in [-0.1, -0.05) is 89.4 Å². The Hall–Kier alpha value is -3.63. The molecule has 12 heteroatoms. The zero-order valence-electron chi connectivity index (χ0n) is 23.6. The molecule has 0 aliphatic carbocycles.